The van der Waals surface area contributed by atoms with E-state index in [1.807, 2.05) is 4.80 Å². The fourth-order valence-electron chi connectivity index (χ4n) is 7.08. The number of tetrazole rings is 1. The van der Waals surface area contributed by atoms with Crippen LogP contribution in [0.3, 0.4) is 0 Å². The average Bonchev–Trinajstić information content (AvgIpc) is 3.21. The third-order valence-electron chi connectivity index (χ3n) is 7.60. The lowest BCUT2D eigenvalue weighted by atomic mass is 9.50. The molecule has 5 aliphatic rings. The van der Waals surface area contributed by atoms with Crippen LogP contribution in [0.5, 0.6) is 0 Å². The van der Waals surface area contributed by atoms with E-state index in [2.05, 4.69) is 30.7 Å². The molecule has 4 bridgehead atoms. The number of amides is 1. The van der Waals surface area contributed by atoms with Crippen molar-refractivity contribution in [1.29, 1.82) is 0 Å². The molecule has 1 amide bonds. The van der Waals surface area contributed by atoms with Gasteiger partial charge in [-0.2, -0.15) is 4.80 Å². The number of aromatic nitrogens is 6. The first-order valence-corrected chi connectivity index (χ1v) is 10.8. The molecule has 2 unspecified atom stereocenters. The molecule has 2 aromatic heterocycles. The highest BCUT2D eigenvalue weighted by atomic mass is 16.2. The molecule has 0 aromatic carbocycles. The highest BCUT2D eigenvalue weighted by Gasteiger charge is 2.60. The molecule has 2 heterocycles. The van der Waals surface area contributed by atoms with Gasteiger partial charge in [-0.15, -0.1) is 10.2 Å². The monoisotopic (exact) mass is 394 g/mol. The maximum atomic E-state index is 13.4. The highest BCUT2D eigenvalue weighted by molar-refractivity contribution is 5.94. The van der Waals surface area contributed by atoms with Gasteiger partial charge in [0.25, 0.3) is 5.91 Å². The molecule has 152 valence electrons. The number of aryl methyl sites for hydroxylation is 1. The number of hydrogen-bond acceptors (Lipinski definition) is 7. The molecule has 9 nitrogen and oxygen atoms in total. The van der Waals surface area contributed by atoms with Gasteiger partial charge in [0.2, 0.25) is 5.95 Å². The van der Waals surface area contributed by atoms with Crippen molar-refractivity contribution < 1.29 is 4.79 Å². The maximum Gasteiger partial charge on any atom is 0.270 e. The van der Waals surface area contributed by atoms with Gasteiger partial charge in [0.1, 0.15) is 5.69 Å². The number of hydrogen-bond donors (Lipinski definition) is 2. The minimum absolute atomic E-state index is 0.0964. The summed E-state index contributed by atoms with van der Waals surface area (Å²) in [5.74, 6) is 1.28. The second-order valence-electron chi connectivity index (χ2n) is 9.71. The van der Waals surface area contributed by atoms with E-state index >= 15 is 0 Å². The topological polar surface area (TPSA) is 124 Å². The molecule has 0 radical (unpaired) electrons. The SMILES string of the molecule is Nc1nc2c(c(C(=O)NC34CC5CC(C3)CC(n3ncnn3)(C5)C4)n1)CCCC2. The smallest absolute Gasteiger partial charge is 0.270 e. The molecule has 0 spiro atoms. The molecule has 3 N–H and O–H groups in total. The molecule has 0 saturated heterocycles. The largest absolute Gasteiger partial charge is 0.368 e. The minimum atomic E-state index is -0.226. The first kappa shape index (κ1) is 17.3. The van der Waals surface area contributed by atoms with Crippen molar-refractivity contribution in [1.82, 2.24) is 35.5 Å². The number of nitrogens with zero attached hydrogens (tertiary/aromatic N) is 6. The first-order valence-electron chi connectivity index (χ1n) is 10.8. The summed E-state index contributed by atoms with van der Waals surface area (Å²) in [5, 5.41) is 16.0. The highest BCUT2D eigenvalue weighted by Crippen LogP contribution is 2.60. The molecule has 0 aliphatic heterocycles. The van der Waals surface area contributed by atoms with Gasteiger partial charge in [-0.05, 0) is 81.3 Å². The summed E-state index contributed by atoms with van der Waals surface area (Å²) in [6.45, 7) is 0. The second kappa shape index (κ2) is 5.96. The van der Waals surface area contributed by atoms with Gasteiger partial charge in [0.05, 0.1) is 5.54 Å². The third kappa shape index (κ3) is 2.66. The van der Waals surface area contributed by atoms with Crippen LogP contribution in [0.2, 0.25) is 0 Å². The standard InChI is InChI=1S/C20H26N8O/c21-18-24-15-4-2-1-3-14(15)16(25-18)17(29)26-19-6-12-5-13(7-19)9-20(8-12,10-19)28-23-11-22-27-28/h11-13H,1-10H2,(H,26,29)(H2,21,24,25). The fraction of sp³-hybridized carbons (Fsp3) is 0.700. The van der Waals surface area contributed by atoms with Crippen molar-refractivity contribution in [2.45, 2.75) is 75.3 Å². The summed E-state index contributed by atoms with van der Waals surface area (Å²) in [5.41, 5.74) is 8.00. The Labute approximate surface area is 168 Å². The van der Waals surface area contributed by atoms with E-state index in [1.54, 1.807) is 0 Å². The van der Waals surface area contributed by atoms with E-state index in [9.17, 15) is 4.79 Å². The van der Waals surface area contributed by atoms with Crippen molar-refractivity contribution in [2.75, 3.05) is 5.73 Å². The number of nitrogens with two attached hydrogens (primary N) is 1. The van der Waals surface area contributed by atoms with Crippen molar-refractivity contribution in [3.05, 3.63) is 23.3 Å². The van der Waals surface area contributed by atoms with Crippen molar-refractivity contribution in [3.8, 4) is 0 Å². The molecule has 29 heavy (non-hydrogen) atoms. The van der Waals surface area contributed by atoms with Crippen LogP contribution in [0, 0.1) is 11.8 Å². The van der Waals surface area contributed by atoms with Gasteiger partial charge < -0.3 is 11.1 Å². The Morgan fingerprint density at radius 1 is 1.14 bits per heavy atom. The number of carbonyl (C=O) groups is 1. The molecular weight excluding hydrogens is 368 g/mol. The van der Waals surface area contributed by atoms with E-state index in [-0.39, 0.29) is 22.9 Å². The molecule has 2 atom stereocenters. The Morgan fingerprint density at radius 3 is 2.69 bits per heavy atom. The summed E-state index contributed by atoms with van der Waals surface area (Å²) in [7, 11) is 0. The van der Waals surface area contributed by atoms with E-state index in [0.29, 0.717) is 17.5 Å². The van der Waals surface area contributed by atoms with E-state index < -0.39 is 0 Å². The summed E-state index contributed by atoms with van der Waals surface area (Å²) in [6, 6.07) is 0. The Kier molecular flexibility index (Phi) is 3.56. The third-order valence-corrected chi connectivity index (χ3v) is 7.60. The number of carbonyl (C=O) groups excluding carboxylic acids is 1. The number of rotatable bonds is 3. The zero-order valence-electron chi connectivity index (χ0n) is 16.5. The number of nitrogens with one attached hydrogen (secondary N) is 1. The first-order chi connectivity index (χ1) is 14.0. The van der Waals surface area contributed by atoms with E-state index in [0.717, 1.165) is 69.0 Å². The van der Waals surface area contributed by atoms with Gasteiger partial charge in [-0.1, -0.05) is 0 Å². The van der Waals surface area contributed by atoms with Gasteiger partial charge in [-0.25, -0.2) is 9.97 Å². The number of fused-ring (bicyclic) bond motifs is 1. The van der Waals surface area contributed by atoms with Crippen molar-refractivity contribution in [2.24, 2.45) is 11.8 Å². The number of nitrogen functional groups attached to an aromatic ring is 1. The van der Waals surface area contributed by atoms with Crippen LogP contribution >= 0.6 is 0 Å². The molecule has 4 fully saturated rings. The Hall–Kier alpha value is -2.58. The molecule has 2 aromatic rings. The van der Waals surface area contributed by atoms with Crippen LogP contribution in [0.1, 0.15) is 73.1 Å². The summed E-state index contributed by atoms with van der Waals surface area (Å²) in [4.78, 5) is 24.0. The van der Waals surface area contributed by atoms with Gasteiger partial charge in [0.15, 0.2) is 6.33 Å². The molecular formula is C20H26N8O. The van der Waals surface area contributed by atoms with Crippen LogP contribution < -0.4 is 11.1 Å². The minimum Gasteiger partial charge on any atom is -0.368 e. The predicted molar refractivity (Wildman–Crippen MR) is 104 cm³/mol. The number of anilines is 1. The molecule has 4 saturated carbocycles. The lowest BCUT2D eigenvalue weighted by Crippen LogP contribution is -2.66. The lowest BCUT2D eigenvalue weighted by molar-refractivity contribution is -0.0811. The van der Waals surface area contributed by atoms with Gasteiger partial charge in [0, 0.05) is 16.8 Å². The van der Waals surface area contributed by atoms with Crippen molar-refractivity contribution >= 4 is 11.9 Å². The zero-order chi connectivity index (χ0) is 19.6. The van der Waals surface area contributed by atoms with E-state index in [4.69, 9.17) is 5.73 Å². The van der Waals surface area contributed by atoms with Crippen LogP contribution in [-0.2, 0) is 18.4 Å². The molecule has 7 rings (SSSR count). The Bertz CT molecular complexity index is 957. The van der Waals surface area contributed by atoms with Gasteiger partial charge >= 0.3 is 0 Å². The van der Waals surface area contributed by atoms with Crippen LogP contribution in [-0.4, -0.2) is 41.6 Å². The summed E-state index contributed by atoms with van der Waals surface area (Å²) < 4.78 is 0. The summed E-state index contributed by atoms with van der Waals surface area (Å²) >= 11 is 0. The Morgan fingerprint density at radius 2 is 1.93 bits per heavy atom. The van der Waals surface area contributed by atoms with Crippen LogP contribution in [0.15, 0.2) is 6.33 Å². The molecule has 5 aliphatic carbocycles. The average molecular weight is 394 g/mol. The zero-order valence-corrected chi connectivity index (χ0v) is 16.5. The fourth-order valence-corrected chi connectivity index (χ4v) is 7.08. The lowest BCUT2D eigenvalue weighted by Gasteiger charge is -2.61. The van der Waals surface area contributed by atoms with Crippen molar-refractivity contribution in [3.63, 3.8) is 0 Å². The van der Waals surface area contributed by atoms with Crippen LogP contribution in [0.25, 0.3) is 0 Å². The second-order valence-corrected chi connectivity index (χ2v) is 9.71. The van der Waals surface area contributed by atoms with Crippen LogP contribution in [0.4, 0.5) is 5.95 Å². The Balaban J connectivity index is 1.34. The molecule has 9 heteroatoms. The van der Waals surface area contributed by atoms with E-state index in [1.165, 1.54) is 12.7 Å². The predicted octanol–water partition coefficient (Wildman–Crippen LogP) is 1.40. The normalized spacial score (nSPS) is 34.8. The maximum absolute atomic E-state index is 13.4. The van der Waals surface area contributed by atoms with Gasteiger partial charge in [-0.3, -0.25) is 4.79 Å². The summed E-state index contributed by atoms with van der Waals surface area (Å²) in [6.07, 6.45) is 11.7. The quantitative estimate of drug-likeness (QED) is 0.806.